The van der Waals surface area contributed by atoms with Crippen molar-refractivity contribution in [3.05, 3.63) is 0 Å². The van der Waals surface area contributed by atoms with E-state index in [0.29, 0.717) is 38.5 Å². The molecule has 0 aromatic heterocycles. The number of nitrogens with zero attached hydrogens (tertiary/aromatic N) is 3. The predicted molar refractivity (Wildman–Crippen MR) is 595 cm³/mol. The molecule has 0 heterocycles. The fourth-order valence-electron chi connectivity index (χ4n) is 19.1. The highest BCUT2D eigenvalue weighted by molar-refractivity contribution is 5.71. The molecule has 3 atom stereocenters. The number of hydrogen-bond acceptors (Lipinski definition) is 15. The quantitative estimate of drug-likeness (QED) is 0.0320. The van der Waals surface area contributed by atoms with E-state index in [0.717, 1.165) is 232 Å². The van der Waals surface area contributed by atoms with Gasteiger partial charge in [0, 0.05) is 38.5 Å². The molecule has 0 aliphatic heterocycles. The highest BCUT2D eigenvalue weighted by Crippen LogP contribution is 2.27. The van der Waals surface area contributed by atoms with Crippen LogP contribution in [0.4, 0.5) is 0 Å². The minimum atomic E-state index is -0.0322. The molecule has 0 bridgehead atoms. The third-order valence-electron chi connectivity index (χ3n) is 28.1. The van der Waals surface area contributed by atoms with Gasteiger partial charge >= 0.3 is 35.8 Å². The third-order valence-corrected chi connectivity index (χ3v) is 28.1. The standard InChI is InChI=1S/C43H85NO4.C41H81NO4.C39H77NO4/c1-6-9-12-15-18-19-20-24-29-35-41(48-43(46)38-32-39-44(4)5)36-30-25-21-26-31-37-42(45)47-40(33-27-22-16-13-10-7-2)34-28-23-17-14-11-8-3;1-6-9-12-15-18-22-27-33-39(46-41(44)36-30-37-42(4)5)34-28-23-19-24-29-35-40(43)45-38(31-25-20-16-13-10-7-2)32-26-21-17-14-11-8-3;1-6-9-12-15-19-24-30-36(31-25-20-16-13-10-7-2)43-38(41)33-27-22-17-21-26-32-37(29-23-18-14-11-8-3)44-39(42)34-28-35-40(4)5/h40-41H,6-39H2,1-5H3;38-39H,6-37H2,1-5H3;36-37H,6-35H2,1-5H3. The van der Waals surface area contributed by atoms with Gasteiger partial charge in [0.2, 0.25) is 0 Å². The molecule has 0 aromatic rings. The summed E-state index contributed by atoms with van der Waals surface area (Å²) in [6, 6.07) is 0. The molecule has 0 radical (unpaired) electrons. The second-order valence-electron chi connectivity index (χ2n) is 43.4. The Balaban J connectivity index is -0.00000198. The van der Waals surface area contributed by atoms with Gasteiger partial charge in [0.1, 0.15) is 36.6 Å². The van der Waals surface area contributed by atoms with Gasteiger partial charge in [-0.1, -0.05) is 428 Å². The van der Waals surface area contributed by atoms with Crippen LogP contribution in [0.3, 0.4) is 0 Å². The average Bonchev–Trinajstić information content (AvgIpc) is 1.00. The van der Waals surface area contributed by atoms with Gasteiger partial charge in [-0.15, -0.1) is 0 Å². The van der Waals surface area contributed by atoms with Crippen LogP contribution in [0.2, 0.25) is 0 Å². The molecule has 15 heteroatoms. The molecule has 138 heavy (non-hydrogen) atoms. The van der Waals surface area contributed by atoms with Crippen molar-refractivity contribution >= 4 is 35.8 Å². The molecule has 0 N–H and O–H groups in total. The number of carbonyl (C=O) groups is 6. The van der Waals surface area contributed by atoms with Gasteiger partial charge in [0.15, 0.2) is 0 Å². The van der Waals surface area contributed by atoms with Crippen LogP contribution in [0.25, 0.3) is 0 Å². The van der Waals surface area contributed by atoms with E-state index in [1.807, 2.05) is 42.3 Å². The maximum absolute atomic E-state index is 12.7. The second kappa shape index (κ2) is 114. The van der Waals surface area contributed by atoms with Crippen molar-refractivity contribution in [1.82, 2.24) is 14.7 Å². The minimum Gasteiger partial charge on any atom is -0.462 e. The lowest BCUT2D eigenvalue weighted by Crippen LogP contribution is -2.20. The first-order valence-electron chi connectivity index (χ1n) is 61.4. The van der Waals surface area contributed by atoms with E-state index in [4.69, 9.17) is 28.4 Å². The van der Waals surface area contributed by atoms with E-state index in [-0.39, 0.29) is 72.4 Å². The smallest absolute Gasteiger partial charge is 0.306 e. The fraction of sp³-hybridized carbons (Fsp3) is 0.951. The fourth-order valence-corrected chi connectivity index (χ4v) is 19.1. The van der Waals surface area contributed by atoms with Crippen molar-refractivity contribution in [3.63, 3.8) is 0 Å². The number of carbonyl (C=O) groups excluding carboxylic acids is 6. The van der Waals surface area contributed by atoms with Gasteiger partial charge in [-0.05, 0) is 255 Å². The van der Waals surface area contributed by atoms with Crippen molar-refractivity contribution in [2.45, 2.75) is 696 Å². The topological polar surface area (TPSA) is 168 Å². The van der Waals surface area contributed by atoms with Gasteiger partial charge in [0.25, 0.3) is 0 Å². The van der Waals surface area contributed by atoms with E-state index in [9.17, 15) is 28.8 Å². The molecule has 0 saturated carbocycles. The molecule has 0 aliphatic rings. The molecule has 0 aromatic carbocycles. The van der Waals surface area contributed by atoms with Crippen LogP contribution in [0.15, 0.2) is 0 Å². The number of esters is 6. The highest BCUT2D eigenvalue weighted by atomic mass is 16.6. The number of ether oxygens (including phenoxy) is 6. The SMILES string of the molecule is CCCCCCCCC(CCCCCCCC)OC(=O)CCCCCCCC(CCCCCCC)OC(=O)CCCN(C)C.CCCCCCCCCC(CCCCCCCC(=O)OC(CCCCCCCC)CCCCCCCC)OC(=O)CCCN(C)C.CCCCCCCCCCCC(CCCCCCCC(=O)OC(CCCCCCCC)CCCCCCCC)OC(=O)CCCN(C)C. The van der Waals surface area contributed by atoms with Crippen LogP contribution in [-0.2, 0) is 57.2 Å². The summed E-state index contributed by atoms with van der Waals surface area (Å²) in [6.07, 6.45) is 108. The molecule has 0 amide bonds. The van der Waals surface area contributed by atoms with Gasteiger partial charge < -0.3 is 43.1 Å². The van der Waals surface area contributed by atoms with Crippen molar-refractivity contribution in [1.29, 1.82) is 0 Å². The van der Waals surface area contributed by atoms with Crippen molar-refractivity contribution in [3.8, 4) is 0 Å². The van der Waals surface area contributed by atoms with Gasteiger partial charge in [-0.3, -0.25) is 28.8 Å². The monoisotopic (exact) mass is 1950 g/mol. The van der Waals surface area contributed by atoms with E-state index in [1.165, 1.54) is 347 Å². The summed E-state index contributed by atoms with van der Waals surface area (Å²) in [5, 5.41) is 0. The van der Waals surface area contributed by atoms with Crippen LogP contribution in [0, 0.1) is 0 Å². The van der Waals surface area contributed by atoms with Gasteiger partial charge in [-0.25, -0.2) is 0 Å². The predicted octanol–water partition coefficient (Wildman–Crippen LogP) is 37.6. The lowest BCUT2D eigenvalue weighted by Gasteiger charge is -2.19. The van der Waals surface area contributed by atoms with Crippen molar-refractivity contribution in [2.75, 3.05) is 61.9 Å². The zero-order valence-electron chi connectivity index (χ0n) is 95.6. The van der Waals surface area contributed by atoms with E-state index < -0.39 is 0 Å². The van der Waals surface area contributed by atoms with Crippen molar-refractivity contribution < 1.29 is 57.2 Å². The van der Waals surface area contributed by atoms with E-state index in [1.54, 1.807) is 0 Å². The summed E-state index contributed by atoms with van der Waals surface area (Å²) in [6.45, 7) is 23.1. The molecule has 15 nitrogen and oxygen atoms in total. The maximum atomic E-state index is 12.7. The molecule has 0 saturated heterocycles. The Morgan fingerprint density at radius 1 is 0.138 bits per heavy atom. The molecule has 3 unspecified atom stereocenters. The highest BCUT2D eigenvalue weighted by Gasteiger charge is 2.22. The van der Waals surface area contributed by atoms with Crippen LogP contribution in [0.1, 0.15) is 659 Å². The van der Waals surface area contributed by atoms with E-state index >= 15 is 0 Å². The largest absolute Gasteiger partial charge is 0.462 e. The number of unbranched alkanes of at least 4 members (excludes halogenated alkanes) is 60. The first-order chi connectivity index (χ1) is 67.3. The number of hydrogen-bond donors (Lipinski definition) is 0. The lowest BCUT2D eigenvalue weighted by atomic mass is 10.0. The van der Waals surface area contributed by atoms with Crippen LogP contribution < -0.4 is 0 Å². The lowest BCUT2D eigenvalue weighted by molar-refractivity contribution is -0.151. The Morgan fingerprint density at radius 3 is 0.341 bits per heavy atom. The molecule has 0 rings (SSSR count). The van der Waals surface area contributed by atoms with E-state index in [2.05, 4.69) is 77.0 Å². The Kier molecular flexibility index (Phi) is 115. The summed E-state index contributed by atoms with van der Waals surface area (Å²) < 4.78 is 35.9. The Labute approximate surface area is 860 Å². The normalized spacial score (nSPS) is 12.2. The molecular formula is C123H243N3O12. The molecule has 0 fully saturated rings. The number of rotatable bonds is 108. The average molecular weight is 1960 g/mol. The summed E-state index contributed by atoms with van der Waals surface area (Å²) >= 11 is 0. The summed E-state index contributed by atoms with van der Waals surface area (Å²) in [5.74, 6) is -0.0502. The zero-order chi connectivity index (χ0) is 102. The van der Waals surface area contributed by atoms with Gasteiger partial charge in [0.05, 0.1) is 0 Å². The molecule has 0 aliphatic carbocycles. The molecular weight excluding hydrogens is 1710 g/mol. The second-order valence-corrected chi connectivity index (χ2v) is 43.4. The Bertz CT molecular complexity index is 2430. The molecule has 822 valence electrons. The third kappa shape index (κ3) is 111. The maximum Gasteiger partial charge on any atom is 0.306 e. The van der Waals surface area contributed by atoms with Gasteiger partial charge in [-0.2, -0.15) is 0 Å². The summed E-state index contributed by atoms with van der Waals surface area (Å²) in [5.41, 5.74) is 0. The minimum absolute atomic E-state index is 0.0104. The summed E-state index contributed by atoms with van der Waals surface area (Å²) in [7, 11) is 12.3. The first kappa shape index (κ1) is 139. The van der Waals surface area contributed by atoms with Crippen LogP contribution in [0.5, 0.6) is 0 Å². The zero-order valence-corrected chi connectivity index (χ0v) is 95.6. The Morgan fingerprint density at radius 2 is 0.232 bits per heavy atom. The first-order valence-corrected chi connectivity index (χ1v) is 61.4. The molecule has 0 spiro atoms. The van der Waals surface area contributed by atoms with Crippen LogP contribution in [-0.4, -0.2) is 149 Å². The summed E-state index contributed by atoms with van der Waals surface area (Å²) in [4.78, 5) is 82.0. The Hall–Kier alpha value is -3.30. The van der Waals surface area contributed by atoms with Crippen LogP contribution >= 0.6 is 0 Å². The van der Waals surface area contributed by atoms with Crippen molar-refractivity contribution in [2.24, 2.45) is 0 Å².